The zero-order valence-electron chi connectivity index (χ0n) is 5.79. The number of rotatable bonds is 2. The predicted octanol–water partition coefficient (Wildman–Crippen LogP) is 1.93. The highest BCUT2D eigenvalue weighted by Gasteiger charge is 2.01. The fourth-order valence-corrected chi connectivity index (χ4v) is 0.844. The van der Waals surface area contributed by atoms with E-state index in [1.807, 2.05) is 30.3 Å². The molecule has 11 heavy (non-hydrogen) atoms. The van der Waals surface area contributed by atoms with E-state index in [9.17, 15) is 4.79 Å². The first-order valence-corrected chi connectivity index (χ1v) is 3.49. The van der Waals surface area contributed by atoms with Gasteiger partial charge in [0.25, 0.3) is 0 Å². The van der Waals surface area contributed by atoms with Crippen molar-refractivity contribution in [3.63, 3.8) is 0 Å². The number of hydrogen-bond donors (Lipinski definition) is 0. The summed E-state index contributed by atoms with van der Waals surface area (Å²) >= 11 is 4.85. The number of hydrogen-bond acceptors (Lipinski definition) is 2. The Balaban J connectivity index is 2.58. The van der Waals surface area contributed by atoms with Crippen molar-refractivity contribution in [1.82, 2.24) is 0 Å². The molecular formula is C8H7ClO2. The summed E-state index contributed by atoms with van der Waals surface area (Å²) in [4.78, 5) is 10.6. The van der Waals surface area contributed by atoms with Crippen LogP contribution in [-0.4, -0.2) is 5.97 Å². The molecule has 1 aromatic rings. The molecule has 58 valence electrons. The molecule has 0 bridgehead atoms. The molecule has 2 nitrogen and oxygen atoms in total. The lowest BCUT2D eigenvalue weighted by molar-refractivity contribution is -0.133. The molecule has 0 aromatic heterocycles. The summed E-state index contributed by atoms with van der Waals surface area (Å²) < 4.78 is 3.99. The minimum atomic E-state index is -0.433. The Morgan fingerprint density at radius 2 is 2.00 bits per heavy atom. The molecular weight excluding hydrogens is 164 g/mol. The normalized spacial score (nSPS) is 9.18. The second-order valence-corrected chi connectivity index (χ2v) is 2.27. The van der Waals surface area contributed by atoms with E-state index < -0.39 is 5.97 Å². The first-order chi connectivity index (χ1) is 5.33. The molecule has 0 aliphatic carbocycles. The maximum Gasteiger partial charge on any atom is 0.329 e. The van der Waals surface area contributed by atoms with Crippen molar-refractivity contribution in [2.45, 2.75) is 6.42 Å². The SMILES string of the molecule is O=C(Cc1ccccc1)OCl. The molecule has 0 radical (unpaired) electrons. The van der Waals surface area contributed by atoms with Crippen molar-refractivity contribution >= 4 is 17.8 Å². The molecule has 0 saturated carbocycles. The standard InChI is InChI=1S/C8H7ClO2/c9-11-8(10)6-7-4-2-1-3-5-7/h1-5H,6H2. The van der Waals surface area contributed by atoms with Crippen molar-refractivity contribution < 1.29 is 9.08 Å². The third-order valence-electron chi connectivity index (χ3n) is 1.28. The average Bonchev–Trinajstić information content (AvgIpc) is 2.06. The molecule has 0 atom stereocenters. The first kappa shape index (κ1) is 8.08. The fraction of sp³-hybridized carbons (Fsp3) is 0.125. The predicted molar refractivity (Wildman–Crippen MR) is 42.1 cm³/mol. The van der Waals surface area contributed by atoms with Crippen molar-refractivity contribution in [1.29, 1.82) is 0 Å². The molecule has 0 fully saturated rings. The van der Waals surface area contributed by atoms with E-state index in [0.717, 1.165) is 5.56 Å². The molecule has 0 spiro atoms. The zero-order chi connectivity index (χ0) is 8.10. The lowest BCUT2D eigenvalue weighted by Gasteiger charge is -1.95. The second kappa shape index (κ2) is 3.98. The Morgan fingerprint density at radius 1 is 1.36 bits per heavy atom. The Kier molecular flexibility index (Phi) is 2.93. The van der Waals surface area contributed by atoms with E-state index in [-0.39, 0.29) is 6.42 Å². The molecule has 0 amide bonds. The van der Waals surface area contributed by atoms with Crippen molar-refractivity contribution in [2.75, 3.05) is 0 Å². The lowest BCUT2D eigenvalue weighted by atomic mass is 10.2. The van der Waals surface area contributed by atoms with Crippen LogP contribution in [0.1, 0.15) is 5.56 Å². The van der Waals surface area contributed by atoms with Crippen LogP contribution in [0.5, 0.6) is 0 Å². The number of carbonyl (C=O) groups is 1. The molecule has 0 aliphatic heterocycles. The first-order valence-electron chi connectivity index (χ1n) is 3.18. The smallest absolute Gasteiger partial charge is 0.329 e. The van der Waals surface area contributed by atoms with Crippen molar-refractivity contribution in [3.8, 4) is 0 Å². The van der Waals surface area contributed by atoms with Crippen LogP contribution in [0.15, 0.2) is 30.3 Å². The Labute approximate surface area is 69.9 Å². The van der Waals surface area contributed by atoms with Gasteiger partial charge in [0.2, 0.25) is 0 Å². The third-order valence-corrected chi connectivity index (χ3v) is 1.45. The highest BCUT2D eigenvalue weighted by Crippen LogP contribution is 2.00. The van der Waals surface area contributed by atoms with Gasteiger partial charge in [0.1, 0.15) is 11.9 Å². The van der Waals surface area contributed by atoms with Gasteiger partial charge in [-0.1, -0.05) is 30.3 Å². The molecule has 1 aromatic carbocycles. The summed E-state index contributed by atoms with van der Waals surface area (Å²) in [5.41, 5.74) is 0.901. The zero-order valence-corrected chi connectivity index (χ0v) is 6.54. The van der Waals surface area contributed by atoms with Crippen molar-refractivity contribution in [3.05, 3.63) is 35.9 Å². The van der Waals surface area contributed by atoms with Crippen molar-refractivity contribution in [2.24, 2.45) is 0 Å². The number of halogens is 1. The topological polar surface area (TPSA) is 26.3 Å². The highest BCUT2D eigenvalue weighted by atomic mass is 35.5. The maximum absolute atomic E-state index is 10.6. The van der Waals surface area contributed by atoms with Gasteiger partial charge in [-0.2, -0.15) is 0 Å². The van der Waals surface area contributed by atoms with Gasteiger partial charge in [0.15, 0.2) is 0 Å². The fourth-order valence-electron chi connectivity index (χ4n) is 0.790. The summed E-state index contributed by atoms with van der Waals surface area (Å²) in [6.07, 6.45) is 0.227. The van der Waals surface area contributed by atoms with Gasteiger partial charge in [0, 0.05) is 0 Å². The van der Waals surface area contributed by atoms with Crippen LogP contribution in [0.3, 0.4) is 0 Å². The van der Waals surface area contributed by atoms with E-state index in [1.54, 1.807) is 0 Å². The highest BCUT2D eigenvalue weighted by molar-refractivity contribution is 6.13. The summed E-state index contributed by atoms with van der Waals surface area (Å²) in [5.74, 6) is -0.433. The van der Waals surface area contributed by atoms with Gasteiger partial charge in [-0.15, -0.1) is 0 Å². The van der Waals surface area contributed by atoms with E-state index >= 15 is 0 Å². The van der Waals surface area contributed by atoms with Crippen LogP contribution in [0.4, 0.5) is 0 Å². The van der Waals surface area contributed by atoms with Crippen LogP contribution in [0.2, 0.25) is 0 Å². The van der Waals surface area contributed by atoms with E-state index in [0.29, 0.717) is 0 Å². The monoisotopic (exact) mass is 170 g/mol. The van der Waals surface area contributed by atoms with Crippen LogP contribution in [0.25, 0.3) is 0 Å². The molecule has 0 unspecified atom stereocenters. The van der Waals surface area contributed by atoms with Gasteiger partial charge in [0.05, 0.1) is 6.42 Å². The van der Waals surface area contributed by atoms with E-state index in [1.165, 1.54) is 0 Å². The minimum Gasteiger partial charge on any atom is -0.347 e. The largest absolute Gasteiger partial charge is 0.347 e. The molecule has 0 heterocycles. The van der Waals surface area contributed by atoms with Crippen LogP contribution >= 0.6 is 11.9 Å². The van der Waals surface area contributed by atoms with Crippen LogP contribution in [-0.2, 0) is 15.5 Å². The third kappa shape index (κ3) is 2.60. The summed E-state index contributed by atoms with van der Waals surface area (Å²) in [6.45, 7) is 0. The van der Waals surface area contributed by atoms with Gasteiger partial charge in [-0.3, -0.25) is 4.79 Å². The molecule has 0 aliphatic rings. The second-order valence-electron chi connectivity index (χ2n) is 2.11. The molecule has 0 saturated heterocycles. The quantitative estimate of drug-likeness (QED) is 0.678. The van der Waals surface area contributed by atoms with Crippen LogP contribution < -0.4 is 0 Å². The van der Waals surface area contributed by atoms with Gasteiger partial charge >= 0.3 is 5.97 Å². The summed E-state index contributed by atoms with van der Waals surface area (Å²) in [7, 11) is 0. The molecule has 1 rings (SSSR count). The summed E-state index contributed by atoms with van der Waals surface area (Å²) in [5, 5.41) is 0. The Hall–Kier alpha value is -1.02. The number of benzene rings is 1. The van der Waals surface area contributed by atoms with Crippen LogP contribution in [0, 0.1) is 0 Å². The van der Waals surface area contributed by atoms with Gasteiger partial charge < -0.3 is 4.29 Å². The Bertz CT molecular complexity index is 233. The minimum absolute atomic E-state index is 0.227. The van der Waals surface area contributed by atoms with E-state index in [2.05, 4.69) is 4.29 Å². The lowest BCUT2D eigenvalue weighted by Crippen LogP contribution is -2.00. The number of carbonyl (C=O) groups excluding carboxylic acids is 1. The van der Waals surface area contributed by atoms with E-state index in [4.69, 9.17) is 11.9 Å². The average molecular weight is 171 g/mol. The Morgan fingerprint density at radius 3 is 2.55 bits per heavy atom. The molecule has 0 N–H and O–H groups in total. The molecule has 3 heteroatoms. The maximum atomic E-state index is 10.6. The summed E-state index contributed by atoms with van der Waals surface area (Å²) in [6, 6.07) is 9.28. The van der Waals surface area contributed by atoms with Gasteiger partial charge in [-0.05, 0) is 5.56 Å². The van der Waals surface area contributed by atoms with Gasteiger partial charge in [-0.25, -0.2) is 0 Å².